The van der Waals surface area contributed by atoms with Crippen LogP contribution in [-0.2, 0) is 4.79 Å². The van der Waals surface area contributed by atoms with Crippen LogP contribution in [0.1, 0.15) is 43.6 Å². The van der Waals surface area contributed by atoms with Crippen molar-refractivity contribution in [1.29, 1.82) is 0 Å². The van der Waals surface area contributed by atoms with Crippen LogP contribution in [0.3, 0.4) is 0 Å². The standard InChI is InChI=1S/C16H21NO2/c1-19-13-8-6-11(7-9-13)14-10-15(14)16(18)17-12-4-2-3-5-12/h6-9,12,14-15H,2-5,10H2,1H3,(H,17,18). The summed E-state index contributed by atoms with van der Waals surface area (Å²) in [5, 5.41) is 3.20. The topological polar surface area (TPSA) is 38.3 Å². The summed E-state index contributed by atoms with van der Waals surface area (Å²) >= 11 is 0. The average Bonchev–Trinajstić information content (AvgIpc) is 3.09. The molecule has 3 rings (SSSR count). The van der Waals surface area contributed by atoms with Crippen molar-refractivity contribution >= 4 is 5.91 Å². The van der Waals surface area contributed by atoms with Gasteiger partial charge in [-0.2, -0.15) is 0 Å². The van der Waals surface area contributed by atoms with E-state index in [4.69, 9.17) is 4.74 Å². The maximum atomic E-state index is 12.1. The SMILES string of the molecule is COc1ccc(C2CC2C(=O)NC2CCCC2)cc1. The molecule has 2 aliphatic carbocycles. The first-order valence-corrected chi connectivity index (χ1v) is 7.22. The lowest BCUT2D eigenvalue weighted by Gasteiger charge is -2.11. The van der Waals surface area contributed by atoms with Crippen LogP contribution in [0, 0.1) is 5.92 Å². The highest BCUT2D eigenvalue weighted by Gasteiger charge is 2.44. The Balaban J connectivity index is 1.55. The molecule has 0 aliphatic heterocycles. The number of carbonyl (C=O) groups is 1. The summed E-state index contributed by atoms with van der Waals surface area (Å²) in [6, 6.07) is 8.53. The highest BCUT2D eigenvalue weighted by Crippen LogP contribution is 2.48. The van der Waals surface area contributed by atoms with E-state index in [-0.39, 0.29) is 11.8 Å². The highest BCUT2D eigenvalue weighted by molar-refractivity contribution is 5.83. The number of nitrogens with one attached hydrogen (secondary N) is 1. The minimum Gasteiger partial charge on any atom is -0.497 e. The third kappa shape index (κ3) is 2.75. The van der Waals surface area contributed by atoms with Crippen molar-refractivity contribution in [2.45, 2.75) is 44.1 Å². The van der Waals surface area contributed by atoms with E-state index in [0.717, 1.165) is 25.0 Å². The Bertz CT molecular complexity index is 448. The molecule has 0 saturated heterocycles. The summed E-state index contributed by atoms with van der Waals surface area (Å²) in [6.07, 6.45) is 5.83. The summed E-state index contributed by atoms with van der Waals surface area (Å²) in [4.78, 5) is 12.1. The summed E-state index contributed by atoms with van der Waals surface area (Å²) in [6.45, 7) is 0. The Morgan fingerprint density at radius 3 is 2.53 bits per heavy atom. The monoisotopic (exact) mass is 259 g/mol. The van der Waals surface area contributed by atoms with Gasteiger partial charge in [-0.15, -0.1) is 0 Å². The van der Waals surface area contributed by atoms with Crippen molar-refractivity contribution in [2.24, 2.45) is 5.92 Å². The van der Waals surface area contributed by atoms with Crippen molar-refractivity contribution in [3.05, 3.63) is 29.8 Å². The summed E-state index contributed by atoms with van der Waals surface area (Å²) < 4.78 is 5.15. The molecule has 2 atom stereocenters. The number of methoxy groups -OCH3 is 1. The molecule has 1 aromatic rings. The summed E-state index contributed by atoms with van der Waals surface area (Å²) in [7, 11) is 1.67. The molecule has 2 aliphatic rings. The van der Waals surface area contributed by atoms with Crippen molar-refractivity contribution in [1.82, 2.24) is 5.32 Å². The molecule has 2 saturated carbocycles. The van der Waals surface area contributed by atoms with E-state index in [0.29, 0.717) is 12.0 Å². The van der Waals surface area contributed by atoms with Gasteiger partial charge < -0.3 is 10.1 Å². The number of rotatable bonds is 4. The predicted molar refractivity (Wildman–Crippen MR) is 74.2 cm³/mol. The first-order chi connectivity index (χ1) is 9.28. The smallest absolute Gasteiger partial charge is 0.223 e. The van der Waals surface area contributed by atoms with Crippen molar-refractivity contribution < 1.29 is 9.53 Å². The van der Waals surface area contributed by atoms with Gasteiger partial charge in [0.15, 0.2) is 0 Å². The zero-order valence-electron chi connectivity index (χ0n) is 11.4. The molecule has 3 nitrogen and oxygen atoms in total. The Morgan fingerprint density at radius 2 is 1.89 bits per heavy atom. The van der Waals surface area contributed by atoms with Crippen LogP contribution < -0.4 is 10.1 Å². The van der Waals surface area contributed by atoms with E-state index in [1.807, 2.05) is 12.1 Å². The second kappa shape index (κ2) is 5.24. The van der Waals surface area contributed by atoms with Gasteiger partial charge in [-0.3, -0.25) is 4.79 Å². The minimum atomic E-state index is 0.189. The second-order valence-electron chi connectivity index (χ2n) is 5.71. The van der Waals surface area contributed by atoms with Gasteiger partial charge in [-0.25, -0.2) is 0 Å². The number of benzene rings is 1. The highest BCUT2D eigenvalue weighted by atomic mass is 16.5. The van der Waals surface area contributed by atoms with Gasteiger partial charge >= 0.3 is 0 Å². The molecule has 0 heterocycles. The molecule has 0 radical (unpaired) electrons. The van der Waals surface area contributed by atoms with Crippen molar-refractivity contribution in [3.63, 3.8) is 0 Å². The van der Waals surface area contributed by atoms with Crippen LogP contribution in [0.15, 0.2) is 24.3 Å². The maximum Gasteiger partial charge on any atom is 0.223 e. The third-order valence-corrected chi connectivity index (χ3v) is 4.37. The third-order valence-electron chi connectivity index (χ3n) is 4.37. The van der Waals surface area contributed by atoms with Crippen LogP contribution in [0.4, 0.5) is 0 Å². The van der Waals surface area contributed by atoms with Crippen molar-refractivity contribution in [2.75, 3.05) is 7.11 Å². The van der Waals surface area contributed by atoms with Gasteiger partial charge in [-0.1, -0.05) is 25.0 Å². The molecule has 2 unspecified atom stereocenters. The Kier molecular flexibility index (Phi) is 3.45. The number of ether oxygens (including phenoxy) is 1. The van der Waals surface area contributed by atoms with Gasteiger partial charge in [0.05, 0.1) is 7.11 Å². The molecule has 19 heavy (non-hydrogen) atoms. The lowest BCUT2D eigenvalue weighted by molar-refractivity contribution is -0.123. The zero-order chi connectivity index (χ0) is 13.2. The number of hydrogen-bond donors (Lipinski definition) is 1. The minimum absolute atomic E-state index is 0.189. The first-order valence-electron chi connectivity index (χ1n) is 7.22. The van der Waals surface area contributed by atoms with Crippen LogP contribution in [0.25, 0.3) is 0 Å². The molecule has 0 spiro atoms. The zero-order valence-corrected chi connectivity index (χ0v) is 11.4. The van der Waals surface area contributed by atoms with Gasteiger partial charge in [0.25, 0.3) is 0 Å². The van der Waals surface area contributed by atoms with Crippen molar-refractivity contribution in [3.8, 4) is 5.75 Å². The van der Waals surface area contributed by atoms with E-state index < -0.39 is 0 Å². The van der Waals surface area contributed by atoms with Gasteiger partial charge in [0.1, 0.15) is 5.75 Å². The molecule has 1 N–H and O–H groups in total. The predicted octanol–water partition coefficient (Wildman–Crippen LogP) is 2.86. The fraction of sp³-hybridized carbons (Fsp3) is 0.562. The second-order valence-corrected chi connectivity index (χ2v) is 5.71. The number of hydrogen-bond acceptors (Lipinski definition) is 2. The molecule has 3 heteroatoms. The molecule has 1 aromatic carbocycles. The number of amides is 1. The lowest BCUT2D eigenvalue weighted by atomic mass is 10.1. The molecule has 0 bridgehead atoms. The van der Waals surface area contributed by atoms with Gasteiger partial charge in [-0.05, 0) is 42.9 Å². The normalized spacial score (nSPS) is 26.2. The molecule has 1 amide bonds. The van der Waals surface area contributed by atoms with Gasteiger partial charge in [0.2, 0.25) is 5.91 Å². The molecule has 102 valence electrons. The summed E-state index contributed by atoms with van der Waals surface area (Å²) in [5.41, 5.74) is 1.26. The maximum absolute atomic E-state index is 12.1. The fourth-order valence-electron chi connectivity index (χ4n) is 3.08. The number of carbonyl (C=O) groups excluding carboxylic acids is 1. The molecular weight excluding hydrogens is 238 g/mol. The Labute approximate surface area is 114 Å². The van der Waals surface area contributed by atoms with E-state index in [1.54, 1.807) is 7.11 Å². The quantitative estimate of drug-likeness (QED) is 0.903. The fourth-order valence-corrected chi connectivity index (χ4v) is 3.08. The van der Waals surface area contributed by atoms with E-state index in [9.17, 15) is 4.79 Å². The van der Waals surface area contributed by atoms with E-state index >= 15 is 0 Å². The first kappa shape index (κ1) is 12.5. The van der Waals surface area contributed by atoms with Crippen LogP contribution in [0.2, 0.25) is 0 Å². The molecule has 0 aromatic heterocycles. The molecular formula is C16H21NO2. The average molecular weight is 259 g/mol. The van der Waals surface area contributed by atoms with Crippen LogP contribution in [0.5, 0.6) is 5.75 Å². The largest absolute Gasteiger partial charge is 0.497 e. The van der Waals surface area contributed by atoms with Gasteiger partial charge in [0, 0.05) is 12.0 Å². The van der Waals surface area contributed by atoms with E-state index in [1.165, 1.54) is 18.4 Å². The Morgan fingerprint density at radius 1 is 1.21 bits per heavy atom. The van der Waals surface area contributed by atoms with E-state index in [2.05, 4.69) is 17.4 Å². The Hall–Kier alpha value is -1.51. The summed E-state index contributed by atoms with van der Waals surface area (Å²) in [5.74, 6) is 1.73. The van der Waals surface area contributed by atoms with Crippen LogP contribution in [-0.4, -0.2) is 19.1 Å². The molecule has 2 fully saturated rings. The van der Waals surface area contributed by atoms with Crippen LogP contribution >= 0.6 is 0 Å². The lowest BCUT2D eigenvalue weighted by Crippen LogP contribution is -2.34.